The van der Waals surface area contributed by atoms with Crippen LogP contribution >= 0.6 is 11.6 Å². The summed E-state index contributed by atoms with van der Waals surface area (Å²) in [5.41, 5.74) is 2.12. The first-order chi connectivity index (χ1) is 13.0. The van der Waals surface area contributed by atoms with E-state index >= 15 is 0 Å². The zero-order chi connectivity index (χ0) is 19.6. The molecule has 146 valence electrons. The Morgan fingerprint density at radius 1 is 1.04 bits per heavy atom. The van der Waals surface area contributed by atoms with Crippen molar-refractivity contribution in [1.82, 2.24) is 10.6 Å². The maximum atomic E-state index is 11.5. The summed E-state index contributed by atoms with van der Waals surface area (Å²) in [5, 5.41) is 6.89. The second kappa shape index (κ2) is 10.8. The second-order valence-corrected chi connectivity index (χ2v) is 6.96. The van der Waals surface area contributed by atoms with Gasteiger partial charge in [0, 0.05) is 30.6 Å². The van der Waals surface area contributed by atoms with Gasteiger partial charge in [0.25, 0.3) is 0 Å². The Balaban J connectivity index is 1.82. The smallest absolute Gasteiger partial charge is 0.222 e. The molecular formula is C21H27ClN2O3. The lowest BCUT2D eigenvalue weighted by Crippen LogP contribution is -2.34. The average molecular weight is 391 g/mol. The monoisotopic (exact) mass is 390 g/mol. The van der Waals surface area contributed by atoms with Gasteiger partial charge < -0.3 is 20.1 Å². The molecule has 0 saturated heterocycles. The maximum absolute atomic E-state index is 11.5. The van der Waals surface area contributed by atoms with Crippen LogP contribution in [0.1, 0.15) is 25.0 Å². The van der Waals surface area contributed by atoms with Gasteiger partial charge in [0.2, 0.25) is 5.91 Å². The molecule has 0 spiro atoms. The van der Waals surface area contributed by atoms with Crippen LogP contribution in [0, 0.1) is 5.92 Å². The van der Waals surface area contributed by atoms with Gasteiger partial charge in [-0.3, -0.25) is 4.79 Å². The zero-order valence-electron chi connectivity index (χ0n) is 16.0. The molecule has 0 fully saturated rings. The van der Waals surface area contributed by atoms with Gasteiger partial charge in [0.05, 0.1) is 7.11 Å². The number of carbonyl (C=O) groups is 1. The SMILES string of the molecule is COc1cc(CNCCNC(=O)C(C)C)ccc1OCc1ccc(Cl)cc1. The van der Waals surface area contributed by atoms with Crippen molar-refractivity contribution in [2.75, 3.05) is 20.2 Å². The van der Waals surface area contributed by atoms with Gasteiger partial charge in [0.1, 0.15) is 6.61 Å². The predicted molar refractivity (Wildman–Crippen MR) is 108 cm³/mol. The molecule has 27 heavy (non-hydrogen) atoms. The van der Waals surface area contributed by atoms with Crippen LogP contribution in [0.3, 0.4) is 0 Å². The summed E-state index contributed by atoms with van der Waals surface area (Å²) in [7, 11) is 1.63. The summed E-state index contributed by atoms with van der Waals surface area (Å²) < 4.78 is 11.3. The minimum atomic E-state index is 0.00896. The Bertz CT molecular complexity index is 733. The van der Waals surface area contributed by atoms with Crippen LogP contribution in [0.15, 0.2) is 42.5 Å². The molecule has 0 bridgehead atoms. The highest BCUT2D eigenvalue weighted by Crippen LogP contribution is 2.29. The molecule has 0 aliphatic heterocycles. The Morgan fingerprint density at radius 2 is 1.74 bits per heavy atom. The summed E-state index contributed by atoms with van der Waals surface area (Å²) in [4.78, 5) is 11.5. The summed E-state index contributed by atoms with van der Waals surface area (Å²) in [5.74, 6) is 1.46. The highest BCUT2D eigenvalue weighted by atomic mass is 35.5. The first kappa shape index (κ1) is 21.1. The lowest BCUT2D eigenvalue weighted by molar-refractivity contribution is -0.123. The van der Waals surface area contributed by atoms with Crippen molar-refractivity contribution >= 4 is 17.5 Å². The Hall–Kier alpha value is -2.24. The van der Waals surface area contributed by atoms with Gasteiger partial charge in [0.15, 0.2) is 11.5 Å². The molecule has 0 aromatic heterocycles. The zero-order valence-corrected chi connectivity index (χ0v) is 16.8. The largest absolute Gasteiger partial charge is 0.493 e. The summed E-state index contributed by atoms with van der Waals surface area (Å²) >= 11 is 5.90. The molecule has 0 atom stereocenters. The molecular weight excluding hydrogens is 364 g/mol. The summed E-state index contributed by atoms with van der Waals surface area (Å²) in [6.07, 6.45) is 0. The Morgan fingerprint density at radius 3 is 2.41 bits per heavy atom. The van der Waals surface area contributed by atoms with Crippen molar-refractivity contribution in [2.24, 2.45) is 5.92 Å². The standard InChI is InChI=1S/C21H27ClN2O3/c1-15(2)21(25)24-11-10-23-13-17-6-9-19(20(12-17)26-3)27-14-16-4-7-18(22)8-5-16/h4-9,12,15,23H,10-11,13-14H2,1-3H3,(H,24,25). The van der Waals surface area contributed by atoms with E-state index in [4.69, 9.17) is 21.1 Å². The van der Waals surface area contributed by atoms with Crippen molar-refractivity contribution in [3.8, 4) is 11.5 Å². The van der Waals surface area contributed by atoms with Crippen LogP contribution in [0.4, 0.5) is 0 Å². The quantitative estimate of drug-likeness (QED) is 0.606. The number of amides is 1. The van der Waals surface area contributed by atoms with Crippen LogP contribution in [0.25, 0.3) is 0 Å². The molecule has 2 rings (SSSR count). The molecule has 1 amide bonds. The first-order valence-corrected chi connectivity index (χ1v) is 9.40. The molecule has 6 heteroatoms. The fourth-order valence-electron chi connectivity index (χ4n) is 2.39. The Labute approximate surface area is 166 Å². The van der Waals surface area contributed by atoms with E-state index in [2.05, 4.69) is 10.6 Å². The molecule has 0 unspecified atom stereocenters. The van der Waals surface area contributed by atoms with Crippen molar-refractivity contribution in [3.05, 3.63) is 58.6 Å². The molecule has 0 aliphatic carbocycles. The third kappa shape index (κ3) is 7.12. The van der Waals surface area contributed by atoms with E-state index in [1.165, 1.54) is 0 Å². The number of hydrogen-bond donors (Lipinski definition) is 2. The van der Waals surface area contributed by atoms with Crippen LogP contribution in [-0.2, 0) is 17.9 Å². The van der Waals surface area contributed by atoms with Crippen LogP contribution in [0.2, 0.25) is 5.02 Å². The highest BCUT2D eigenvalue weighted by molar-refractivity contribution is 6.30. The fourth-order valence-corrected chi connectivity index (χ4v) is 2.52. The summed E-state index contributed by atoms with van der Waals surface area (Å²) in [6, 6.07) is 13.4. The molecule has 2 aromatic carbocycles. The molecule has 2 aromatic rings. The molecule has 0 heterocycles. The number of rotatable bonds is 10. The van der Waals surface area contributed by atoms with Gasteiger partial charge in [-0.25, -0.2) is 0 Å². The fraction of sp³-hybridized carbons (Fsp3) is 0.381. The van der Waals surface area contributed by atoms with Crippen LogP contribution < -0.4 is 20.1 Å². The average Bonchev–Trinajstić information content (AvgIpc) is 2.67. The normalized spacial score (nSPS) is 10.7. The molecule has 5 nitrogen and oxygen atoms in total. The van der Waals surface area contributed by atoms with Crippen molar-refractivity contribution in [3.63, 3.8) is 0 Å². The van der Waals surface area contributed by atoms with Crippen LogP contribution in [0.5, 0.6) is 11.5 Å². The number of nitrogens with one attached hydrogen (secondary N) is 2. The second-order valence-electron chi connectivity index (χ2n) is 6.52. The van der Waals surface area contributed by atoms with E-state index in [9.17, 15) is 4.79 Å². The van der Waals surface area contributed by atoms with Gasteiger partial charge in [-0.1, -0.05) is 43.6 Å². The number of carbonyl (C=O) groups excluding carboxylic acids is 1. The van der Waals surface area contributed by atoms with E-state index in [-0.39, 0.29) is 11.8 Å². The lowest BCUT2D eigenvalue weighted by atomic mass is 10.2. The maximum Gasteiger partial charge on any atom is 0.222 e. The summed E-state index contributed by atoms with van der Waals surface area (Å²) in [6.45, 7) is 6.20. The van der Waals surface area contributed by atoms with Gasteiger partial charge in [-0.05, 0) is 35.4 Å². The highest BCUT2D eigenvalue weighted by Gasteiger charge is 2.07. The number of halogens is 1. The molecule has 0 aliphatic rings. The van der Waals surface area contributed by atoms with Crippen molar-refractivity contribution in [1.29, 1.82) is 0 Å². The van der Waals surface area contributed by atoms with Gasteiger partial charge in [-0.2, -0.15) is 0 Å². The van der Waals surface area contributed by atoms with E-state index in [0.29, 0.717) is 42.8 Å². The minimum Gasteiger partial charge on any atom is -0.493 e. The predicted octanol–water partition coefficient (Wildman–Crippen LogP) is 3.79. The number of benzene rings is 2. The van der Waals surface area contributed by atoms with E-state index < -0.39 is 0 Å². The third-order valence-electron chi connectivity index (χ3n) is 3.99. The van der Waals surface area contributed by atoms with Crippen molar-refractivity contribution in [2.45, 2.75) is 27.0 Å². The van der Waals surface area contributed by atoms with E-state index in [0.717, 1.165) is 11.1 Å². The van der Waals surface area contributed by atoms with E-state index in [1.54, 1.807) is 7.11 Å². The lowest BCUT2D eigenvalue weighted by Gasteiger charge is -2.13. The minimum absolute atomic E-state index is 0.00896. The third-order valence-corrected chi connectivity index (χ3v) is 4.24. The first-order valence-electron chi connectivity index (χ1n) is 9.02. The van der Waals surface area contributed by atoms with E-state index in [1.807, 2.05) is 56.3 Å². The van der Waals surface area contributed by atoms with Crippen LogP contribution in [-0.4, -0.2) is 26.1 Å². The Kier molecular flexibility index (Phi) is 8.43. The number of methoxy groups -OCH3 is 1. The molecule has 0 radical (unpaired) electrons. The molecule has 2 N–H and O–H groups in total. The topological polar surface area (TPSA) is 59.6 Å². The molecule has 0 saturated carbocycles. The van der Waals surface area contributed by atoms with Crippen molar-refractivity contribution < 1.29 is 14.3 Å². The number of ether oxygens (including phenoxy) is 2. The number of hydrogen-bond acceptors (Lipinski definition) is 4. The van der Waals surface area contributed by atoms with Gasteiger partial charge in [-0.15, -0.1) is 0 Å². The van der Waals surface area contributed by atoms with Gasteiger partial charge >= 0.3 is 0 Å².